The zero-order chi connectivity index (χ0) is 15.6. The van der Waals surface area contributed by atoms with E-state index in [0.29, 0.717) is 6.04 Å². The fourth-order valence-corrected chi connectivity index (χ4v) is 2.51. The van der Waals surface area contributed by atoms with Gasteiger partial charge in [-0.15, -0.1) is 0 Å². The van der Waals surface area contributed by atoms with Crippen LogP contribution in [0.3, 0.4) is 0 Å². The van der Waals surface area contributed by atoms with E-state index in [1.165, 1.54) is 11.1 Å². The molecule has 1 aromatic carbocycles. The molecular formula is C19H27NO. The molecule has 2 unspecified atom stereocenters. The van der Waals surface area contributed by atoms with E-state index in [4.69, 9.17) is 4.42 Å². The Labute approximate surface area is 128 Å². The second-order valence-electron chi connectivity index (χ2n) is 6.93. The molecule has 0 bridgehead atoms. The van der Waals surface area contributed by atoms with Gasteiger partial charge >= 0.3 is 0 Å². The monoisotopic (exact) mass is 285 g/mol. The summed E-state index contributed by atoms with van der Waals surface area (Å²) in [5.41, 5.74) is 2.88. The van der Waals surface area contributed by atoms with Crippen molar-refractivity contribution in [2.24, 2.45) is 0 Å². The molecule has 0 saturated carbocycles. The Kier molecular flexibility index (Phi) is 4.58. The van der Waals surface area contributed by atoms with Crippen molar-refractivity contribution in [2.75, 3.05) is 0 Å². The quantitative estimate of drug-likeness (QED) is 0.825. The van der Waals surface area contributed by atoms with E-state index >= 15 is 0 Å². The summed E-state index contributed by atoms with van der Waals surface area (Å²) in [7, 11) is 0. The van der Waals surface area contributed by atoms with Crippen molar-refractivity contribution in [3.63, 3.8) is 0 Å². The third-order valence-corrected chi connectivity index (χ3v) is 3.96. The van der Waals surface area contributed by atoms with Crippen LogP contribution in [-0.2, 0) is 5.41 Å². The normalized spacial score (nSPS) is 15.0. The Morgan fingerprint density at radius 2 is 1.52 bits per heavy atom. The van der Waals surface area contributed by atoms with Crippen LogP contribution in [-0.4, -0.2) is 0 Å². The average Bonchev–Trinajstić information content (AvgIpc) is 2.84. The number of furan rings is 1. The minimum absolute atomic E-state index is 0.203. The lowest BCUT2D eigenvalue weighted by atomic mass is 9.86. The predicted molar refractivity (Wildman–Crippen MR) is 88.6 cm³/mol. The van der Waals surface area contributed by atoms with Crippen molar-refractivity contribution < 1.29 is 4.42 Å². The van der Waals surface area contributed by atoms with Crippen LogP contribution in [0.1, 0.15) is 69.3 Å². The van der Waals surface area contributed by atoms with Crippen molar-refractivity contribution in [1.82, 2.24) is 5.32 Å². The molecule has 2 heteroatoms. The standard InChI is InChI=1S/C19H27NO/c1-13-7-12-18(21-13)15(3)20-14(2)16-8-10-17(11-9-16)19(4,5)6/h7-12,14-15,20H,1-6H3. The highest BCUT2D eigenvalue weighted by Gasteiger charge is 2.16. The number of aryl methyl sites for hydroxylation is 1. The summed E-state index contributed by atoms with van der Waals surface area (Å²) >= 11 is 0. The number of hydrogen-bond acceptors (Lipinski definition) is 2. The molecule has 0 radical (unpaired) electrons. The zero-order valence-electron chi connectivity index (χ0n) is 14.0. The first-order valence-electron chi connectivity index (χ1n) is 7.70. The maximum atomic E-state index is 5.68. The largest absolute Gasteiger partial charge is 0.465 e. The van der Waals surface area contributed by atoms with Gasteiger partial charge in [0.1, 0.15) is 11.5 Å². The molecule has 21 heavy (non-hydrogen) atoms. The smallest absolute Gasteiger partial charge is 0.120 e. The summed E-state index contributed by atoms with van der Waals surface area (Å²) in [6.07, 6.45) is 0. The minimum atomic E-state index is 0.203. The maximum Gasteiger partial charge on any atom is 0.120 e. The third-order valence-electron chi connectivity index (χ3n) is 3.96. The Morgan fingerprint density at radius 3 is 2.00 bits per heavy atom. The van der Waals surface area contributed by atoms with Crippen LogP contribution in [0, 0.1) is 6.92 Å². The van der Waals surface area contributed by atoms with E-state index in [2.05, 4.69) is 64.2 Å². The molecule has 0 saturated heterocycles. The fraction of sp³-hybridized carbons (Fsp3) is 0.474. The molecule has 0 spiro atoms. The van der Waals surface area contributed by atoms with Gasteiger partial charge in [-0.2, -0.15) is 0 Å². The molecule has 0 fully saturated rings. The van der Waals surface area contributed by atoms with Crippen molar-refractivity contribution in [2.45, 2.75) is 59.0 Å². The van der Waals surface area contributed by atoms with Crippen molar-refractivity contribution in [3.8, 4) is 0 Å². The summed E-state index contributed by atoms with van der Waals surface area (Å²) in [6.45, 7) is 13.0. The average molecular weight is 285 g/mol. The Bertz CT molecular complexity index is 574. The van der Waals surface area contributed by atoms with E-state index in [9.17, 15) is 0 Å². The molecule has 114 valence electrons. The number of rotatable bonds is 4. The highest BCUT2D eigenvalue weighted by atomic mass is 16.3. The molecule has 2 nitrogen and oxygen atoms in total. The van der Waals surface area contributed by atoms with E-state index < -0.39 is 0 Å². The highest BCUT2D eigenvalue weighted by molar-refractivity contribution is 5.29. The number of benzene rings is 1. The van der Waals surface area contributed by atoms with E-state index in [0.717, 1.165) is 11.5 Å². The summed E-state index contributed by atoms with van der Waals surface area (Å²) in [5.74, 6) is 1.95. The van der Waals surface area contributed by atoms with Crippen LogP contribution in [0.5, 0.6) is 0 Å². The van der Waals surface area contributed by atoms with E-state index in [1.807, 2.05) is 19.1 Å². The second-order valence-corrected chi connectivity index (χ2v) is 6.93. The molecule has 0 aliphatic carbocycles. The first-order valence-corrected chi connectivity index (χ1v) is 7.70. The zero-order valence-corrected chi connectivity index (χ0v) is 14.0. The molecular weight excluding hydrogens is 258 g/mol. The van der Waals surface area contributed by atoms with Gasteiger partial charge in [0.25, 0.3) is 0 Å². The topological polar surface area (TPSA) is 25.2 Å². The van der Waals surface area contributed by atoms with Crippen LogP contribution < -0.4 is 5.32 Å². The number of hydrogen-bond donors (Lipinski definition) is 1. The van der Waals surface area contributed by atoms with Crippen molar-refractivity contribution in [3.05, 3.63) is 59.0 Å². The van der Waals surface area contributed by atoms with Gasteiger partial charge in [0.2, 0.25) is 0 Å². The Balaban J connectivity index is 2.04. The van der Waals surface area contributed by atoms with Gasteiger partial charge in [0.05, 0.1) is 6.04 Å². The van der Waals surface area contributed by atoms with Gasteiger partial charge in [0, 0.05) is 6.04 Å². The van der Waals surface area contributed by atoms with Crippen molar-refractivity contribution >= 4 is 0 Å². The van der Waals surface area contributed by atoms with E-state index in [-0.39, 0.29) is 11.5 Å². The first kappa shape index (κ1) is 15.8. The summed E-state index contributed by atoms with van der Waals surface area (Å²) in [5, 5.41) is 3.59. The SMILES string of the molecule is Cc1ccc(C(C)NC(C)c2ccc(C(C)(C)C)cc2)o1. The molecule has 1 aromatic heterocycles. The van der Waals surface area contributed by atoms with Gasteiger partial charge in [-0.25, -0.2) is 0 Å². The molecule has 0 amide bonds. The Morgan fingerprint density at radius 1 is 0.905 bits per heavy atom. The van der Waals surface area contributed by atoms with Crippen LogP contribution in [0.25, 0.3) is 0 Å². The highest BCUT2D eigenvalue weighted by Crippen LogP contribution is 2.25. The van der Waals surface area contributed by atoms with Crippen LogP contribution in [0.15, 0.2) is 40.8 Å². The van der Waals surface area contributed by atoms with Crippen LogP contribution >= 0.6 is 0 Å². The lowest BCUT2D eigenvalue weighted by Crippen LogP contribution is -2.22. The number of nitrogens with one attached hydrogen (secondary N) is 1. The third kappa shape index (κ3) is 3.98. The molecule has 0 aliphatic heterocycles. The molecule has 2 atom stereocenters. The van der Waals surface area contributed by atoms with E-state index in [1.54, 1.807) is 0 Å². The van der Waals surface area contributed by atoms with Crippen molar-refractivity contribution in [1.29, 1.82) is 0 Å². The molecule has 2 aromatic rings. The fourth-order valence-electron chi connectivity index (χ4n) is 2.51. The summed E-state index contributed by atoms with van der Waals surface area (Å²) in [4.78, 5) is 0. The predicted octanol–water partition coefficient (Wildman–Crippen LogP) is 5.30. The van der Waals surface area contributed by atoms with Crippen LogP contribution in [0.4, 0.5) is 0 Å². The van der Waals surface area contributed by atoms with Crippen LogP contribution in [0.2, 0.25) is 0 Å². The molecule has 1 N–H and O–H groups in total. The lowest BCUT2D eigenvalue weighted by molar-refractivity contribution is 0.392. The van der Waals surface area contributed by atoms with Gasteiger partial charge in [0.15, 0.2) is 0 Å². The van der Waals surface area contributed by atoms with Gasteiger partial charge in [-0.3, -0.25) is 0 Å². The molecule has 1 heterocycles. The second kappa shape index (κ2) is 6.07. The molecule has 2 rings (SSSR count). The Hall–Kier alpha value is -1.54. The summed E-state index contributed by atoms with van der Waals surface area (Å²) < 4.78 is 5.68. The van der Waals surface area contributed by atoms with Gasteiger partial charge in [-0.05, 0) is 49.4 Å². The lowest BCUT2D eigenvalue weighted by Gasteiger charge is -2.22. The summed E-state index contributed by atoms with van der Waals surface area (Å²) in [6, 6.07) is 13.5. The minimum Gasteiger partial charge on any atom is -0.465 e. The van der Waals surface area contributed by atoms with Gasteiger partial charge in [-0.1, -0.05) is 45.0 Å². The van der Waals surface area contributed by atoms with Gasteiger partial charge < -0.3 is 9.73 Å². The first-order chi connectivity index (χ1) is 9.77. The maximum absolute atomic E-state index is 5.68. The molecule has 0 aliphatic rings.